The van der Waals surface area contributed by atoms with Gasteiger partial charge in [-0.2, -0.15) is 0 Å². The number of hydrogen-bond acceptors (Lipinski definition) is 5. The number of sulfonamides is 1. The van der Waals surface area contributed by atoms with Crippen LogP contribution in [0.3, 0.4) is 0 Å². The smallest absolute Gasteiger partial charge is 0.261 e. The first-order valence-corrected chi connectivity index (χ1v) is 11.4. The molecule has 0 aromatic heterocycles. The van der Waals surface area contributed by atoms with Gasteiger partial charge in [-0.15, -0.1) is 0 Å². The standard InChI is InChI=1S/C21H27FN4O3S/c1-15(2)14-24-21(27)16-3-8-20(26-11-9-23-10-12-26)19(13-16)25-30(28,29)18-6-4-17(22)5-7-18/h3-8,13,15,23,25H,9-12,14H2,1-2H3,(H,24,27). The molecule has 2 aromatic rings. The highest BCUT2D eigenvalue weighted by molar-refractivity contribution is 7.92. The van der Waals surface area contributed by atoms with Crippen LogP contribution in [0.25, 0.3) is 0 Å². The Hall–Kier alpha value is -2.65. The van der Waals surface area contributed by atoms with Crippen molar-refractivity contribution in [1.29, 1.82) is 0 Å². The third-order valence-corrected chi connectivity index (χ3v) is 6.14. The van der Waals surface area contributed by atoms with Gasteiger partial charge in [-0.25, -0.2) is 12.8 Å². The first-order chi connectivity index (χ1) is 14.3. The predicted octanol–water partition coefficient (Wildman–Crippen LogP) is 2.42. The molecule has 3 rings (SSSR count). The van der Waals surface area contributed by atoms with Gasteiger partial charge in [-0.05, 0) is 48.4 Å². The number of nitrogens with one attached hydrogen (secondary N) is 3. The number of amides is 1. The Bertz CT molecular complexity index is 988. The van der Waals surface area contributed by atoms with Gasteiger partial charge >= 0.3 is 0 Å². The molecule has 0 aliphatic carbocycles. The molecule has 0 bridgehead atoms. The summed E-state index contributed by atoms with van der Waals surface area (Å²) in [7, 11) is -3.95. The van der Waals surface area contributed by atoms with Gasteiger partial charge in [0, 0.05) is 38.3 Å². The number of hydrogen-bond donors (Lipinski definition) is 3. The van der Waals surface area contributed by atoms with E-state index >= 15 is 0 Å². The molecule has 1 saturated heterocycles. The molecule has 1 aliphatic heterocycles. The minimum atomic E-state index is -3.95. The molecule has 30 heavy (non-hydrogen) atoms. The van der Waals surface area contributed by atoms with Gasteiger partial charge in [-0.3, -0.25) is 9.52 Å². The van der Waals surface area contributed by atoms with E-state index in [1.54, 1.807) is 18.2 Å². The van der Waals surface area contributed by atoms with E-state index in [9.17, 15) is 17.6 Å². The second kappa shape index (κ2) is 9.44. The first kappa shape index (κ1) is 22.0. The summed E-state index contributed by atoms with van der Waals surface area (Å²) in [6.07, 6.45) is 0. The van der Waals surface area contributed by atoms with Crippen molar-refractivity contribution in [2.75, 3.05) is 42.3 Å². The van der Waals surface area contributed by atoms with Crippen LogP contribution >= 0.6 is 0 Å². The molecule has 2 aromatic carbocycles. The lowest BCUT2D eigenvalue weighted by Gasteiger charge is -2.31. The number of carbonyl (C=O) groups excluding carboxylic acids is 1. The molecule has 3 N–H and O–H groups in total. The van der Waals surface area contributed by atoms with Crippen LogP contribution in [0.15, 0.2) is 47.4 Å². The number of halogens is 1. The second-order valence-electron chi connectivity index (χ2n) is 7.63. The lowest BCUT2D eigenvalue weighted by Crippen LogP contribution is -2.43. The van der Waals surface area contributed by atoms with Crippen molar-refractivity contribution in [3.05, 3.63) is 53.8 Å². The topological polar surface area (TPSA) is 90.5 Å². The maximum atomic E-state index is 13.2. The molecule has 0 unspecified atom stereocenters. The largest absolute Gasteiger partial charge is 0.367 e. The lowest BCUT2D eigenvalue weighted by atomic mass is 10.1. The van der Waals surface area contributed by atoms with Crippen molar-refractivity contribution in [2.45, 2.75) is 18.7 Å². The zero-order valence-electron chi connectivity index (χ0n) is 17.1. The Balaban J connectivity index is 1.94. The Kier molecular flexibility index (Phi) is 6.94. The summed E-state index contributed by atoms with van der Waals surface area (Å²) in [6, 6.07) is 9.63. The Labute approximate surface area is 176 Å². The molecule has 1 fully saturated rings. The summed E-state index contributed by atoms with van der Waals surface area (Å²) in [5.41, 5.74) is 1.38. The second-order valence-corrected chi connectivity index (χ2v) is 9.31. The minimum Gasteiger partial charge on any atom is -0.367 e. The number of benzene rings is 2. The summed E-state index contributed by atoms with van der Waals surface area (Å²) in [5.74, 6) is -0.484. The summed E-state index contributed by atoms with van der Waals surface area (Å²) in [4.78, 5) is 14.5. The average molecular weight is 435 g/mol. The van der Waals surface area contributed by atoms with Crippen LogP contribution in [-0.4, -0.2) is 47.0 Å². The fraction of sp³-hybridized carbons (Fsp3) is 0.381. The van der Waals surface area contributed by atoms with Crippen LogP contribution < -0.4 is 20.3 Å². The Morgan fingerprint density at radius 3 is 2.43 bits per heavy atom. The SMILES string of the molecule is CC(C)CNC(=O)c1ccc(N2CCNCC2)c(NS(=O)(=O)c2ccc(F)cc2)c1. The van der Waals surface area contributed by atoms with Gasteiger partial charge in [0.05, 0.1) is 16.3 Å². The van der Waals surface area contributed by atoms with E-state index in [-0.39, 0.29) is 10.8 Å². The molecule has 1 amide bonds. The minimum absolute atomic E-state index is 0.0511. The van der Waals surface area contributed by atoms with E-state index in [4.69, 9.17) is 0 Å². The summed E-state index contributed by atoms with van der Waals surface area (Å²) in [5, 5.41) is 6.10. The third kappa shape index (κ3) is 5.48. The molecule has 7 nitrogen and oxygen atoms in total. The summed E-state index contributed by atoms with van der Waals surface area (Å²) in [6.45, 7) is 7.50. The van der Waals surface area contributed by atoms with Crippen LogP contribution in [0.1, 0.15) is 24.2 Å². The quantitative estimate of drug-likeness (QED) is 0.623. The van der Waals surface area contributed by atoms with Crippen molar-refractivity contribution in [3.63, 3.8) is 0 Å². The maximum absolute atomic E-state index is 13.2. The molecule has 1 heterocycles. The highest BCUT2D eigenvalue weighted by Crippen LogP contribution is 2.30. The van der Waals surface area contributed by atoms with E-state index < -0.39 is 15.8 Å². The zero-order chi connectivity index (χ0) is 21.7. The predicted molar refractivity (Wildman–Crippen MR) is 116 cm³/mol. The van der Waals surface area contributed by atoms with E-state index in [0.717, 1.165) is 25.2 Å². The van der Waals surface area contributed by atoms with E-state index in [1.807, 2.05) is 13.8 Å². The molecule has 0 atom stereocenters. The van der Waals surface area contributed by atoms with Crippen molar-refractivity contribution >= 4 is 27.3 Å². The molecular weight excluding hydrogens is 407 g/mol. The average Bonchev–Trinajstić information content (AvgIpc) is 2.72. The molecule has 0 saturated carbocycles. The summed E-state index contributed by atoms with van der Waals surface area (Å²) >= 11 is 0. The van der Waals surface area contributed by atoms with E-state index in [1.165, 1.54) is 12.1 Å². The van der Waals surface area contributed by atoms with Gasteiger partial charge in [0.25, 0.3) is 15.9 Å². The normalized spacial score (nSPS) is 14.6. The lowest BCUT2D eigenvalue weighted by molar-refractivity contribution is 0.0949. The van der Waals surface area contributed by atoms with Crippen LogP contribution in [-0.2, 0) is 10.0 Å². The fourth-order valence-electron chi connectivity index (χ4n) is 3.16. The van der Waals surface area contributed by atoms with Crippen LogP contribution in [0.2, 0.25) is 0 Å². The van der Waals surface area contributed by atoms with Crippen LogP contribution in [0.4, 0.5) is 15.8 Å². The Morgan fingerprint density at radius 2 is 1.80 bits per heavy atom. The third-order valence-electron chi connectivity index (χ3n) is 4.76. The Morgan fingerprint density at radius 1 is 1.13 bits per heavy atom. The monoisotopic (exact) mass is 434 g/mol. The van der Waals surface area contributed by atoms with Gasteiger partial charge in [0.15, 0.2) is 0 Å². The highest BCUT2D eigenvalue weighted by atomic mass is 32.2. The number of nitrogens with zero attached hydrogens (tertiary/aromatic N) is 1. The van der Waals surface area contributed by atoms with Crippen molar-refractivity contribution in [2.24, 2.45) is 5.92 Å². The molecule has 9 heteroatoms. The van der Waals surface area contributed by atoms with Gasteiger partial charge in [0.2, 0.25) is 0 Å². The van der Waals surface area contributed by atoms with E-state index in [0.29, 0.717) is 42.5 Å². The molecule has 0 spiro atoms. The molecule has 1 aliphatic rings. The fourth-order valence-corrected chi connectivity index (χ4v) is 4.22. The zero-order valence-corrected chi connectivity index (χ0v) is 17.9. The van der Waals surface area contributed by atoms with Gasteiger partial charge in [0.1, 0.15) is 5.82 Å². The van der Waals surface area contributed by atoms with E-state index in [2.05, 4.69) is 20.3 Å². The number of carbonyl (C=O) groups is 1. The van der Waals surface area contributed by atoms with Crippen molar-refractivity contribution < 1.29 is 17.6 Å². The summed E-state index contributed by atoms with van der Waals surface area (Å²) < 4.78 is 41.6. The maximum Gasteiger partial charge on any atom is 0.261 e. The molecule has 162 valence electrons. The van der Waals surface area contributed by atoms with Gasteiger partial charge < -0.3 is 15.5 Å². The number of rotatable bonds is 7. The molecule has 0 radical (unpaired) electrons. The number of anilines is 2. The van der Waals surface area contributed by atoms with Crippen molar-refractivity contribution in [3.8, 4) is 0 Å². The van der Waals surface area contributed by atoms with Crippen LogP contribution in [0, 0.1) is 11.7 Å². The number of piperazine rings is 1. The highest BCUT2D eigenvalue weighted by Gasteiger charge is 2.21. The molecular formula is C21H27FN4O3S. The van der Waals surface area contributed by atoms with Crippen molar-refractivity contribution in [1.82, 2.24) is 10.6 Å². The first-order valence-electron chi connectivity index (χ1n) is 9.92. The van der Waals surface area contributed by atoms with Crippen LogP contribution in [0.5, 0.6) is 0 Å². The van der Waals surface area contributed by atoms with Gasteiger partial charge in [-0.1, -0.05) is 13.8 Å².